The summed E-state index contributed by atoms with van der Waals surface area (Å²) in [5.74, 6) is -2.32. The maximum Gasteiger partial charge on any atom is 0.309 e. The van der Waals surface area contributed by atoms with E-state index in [4.69, 9.17) is 0 Å². The Bertz CT molecular complexity index is 887. The fraction of sp³-hybridized carbons (Fsp3) is 0.278. The highest BCUT2D eigenvalue weighted by atomic mass is 32.2. The number of carbonyl (C=O) groups excluding carboxylic acids is 2. The largest absolute Gasteiger partial charge is 0.348 e. The molecule has 144 valence electrons. The normalized spacial score (nSPS) is 12.2. The fourth-order valence-corrected chi connectivity index (χ4v) is 3.99. The van der Waals surface area contributed by atoms with Crippen molar-refractivity contribution in [2.24, 2.45) is 0 Å². The molecule has 0 unspecified atom stereocenters. The van der Waals surface area contributed by atoms with Crippen LogP contribution in [0, 0.1) is 5.82 Å². The summed E-state index contributed by atoms with van der Waals surface area (Å²) in [5.41, 5.74) is 0.344. The van der Waals surface area contributed by atoms with Gasteiger partial charge in [0.05, 0.1) is 4.90 Å². The number of hydrogen-bond acceptors (Lipinski definition) is 5. The molecule has 0 radical (unpaired) electrons. The molecule has 2 rings (SSSR count). The zero-order valence-electron chi connectivity index (χ0n) is 14.7. The summed E-state index contributed by atoms with van der Waals surface area (Å²) in [4.78, 5) is 27.4. The van der Waals surface area contributed by atoms with E-state index < -0.39 is 32.7 Å². The number of aromatic nitrogens is 1. The van der Waals surface area contributed by atoms with Crippen molar-refractivity contribution in [1.29, 1.82) is 0 Å². The summed E-state index contributed by atoms with van der Waals surface area (Å²) in [7, 11) is -3.96. The third-order valence-electron chi connectivity index (χ3n) is 3.76. The van der Waals surface area contributed by atoms with Crippen LogP contribution >= 0.6 is 0 Å². The van der Waals surface area contributed by atoms with Gasteiger partial charge >= 0.3 is 11.8 Å². The summed E-state index contributed by atoms with van der Waals surface area (Å²) in [5, 5.41) is 3.58. The van der Waals surface area contributed by atoms with Crippen molar-refractivity contribution in [3.63, 3.8) is 0 Å². The van der Waals surface area contributed by atoms with Crippen LogP contribution in [0.15, 0.2) is 53.7 Å². The molecule has 0 fully saturated rings. The second-order valence-corrected chi connectivity index (χ2v) is 7.87. The summed E-state index contributed by atoms with van der Waals surface area (Å²) in [6.45, 7) is 1.85. The number of nitrogens with one attached hydrogen (secondary N) is 2. The van der Waals surface area contributed by atoms with E-state index in [1.807, 2.05) is 6.92 Å². The molecule has 0 aliphatic carbocycles. The minimum Gasteiger partial charge on any atom is -0.348 e. The number of hydrogen-bond donors (Lipinski definition) is 2. The number of pyridine rings is 1. The molecule has 0 aliphatic rings. The molecule has 0 saturated carbocycles. The van der Waals surface area contributed by atoms with Crippen LogP contribution in [0.3, 0.4) is 0 Å². The van der Waals surface area contributed by atoms with Crippen LogP contribution in [0.4, 0.5) is 4.39 Å². The first-order chi connectivity index (χ1) is 12.9. The fourth-order valence-electron chi connectivity index (χ4n) is 2.35. The van der Waals surface area contributed by atoms with E-state index in [9.17, 15) is 22.4 Å². The molecular formula is C18H20FN3O4S. The lowest BCUT2D eigenvalue weighted by Crippen LogP contribution is -2.42. The first-order valence-electron chi connectivity index (χ1n) is 8.31. The molecule has 2 N–H and O–H groups in total. The van der Waals surface area contributed by atoms with E-state index in [1.165, 1.54) is 12.4 Å². The predicted molar refractivity (Wildman–Crippen MR) is 96.9 cm³/mol. The van der Waals surface area contributed by atoms with Gasteiger partial charge in [-0.25, -0.2) is 12.8 Å². The summed E-state index contributed by atoms with van der Waals surface area (Å²) < 4.78 is 39.1. The zero-order valence-corrected chi connectivity index (χ0v) is 15.5. The lowest BCUT2D eigenvalue weighted by Gasteiger charge is -2.18. The molecule has 1 aromatic heterocycles. The second kappa shape index (κ2) is 9.22. The molecule has 0 bridgehead atoms. The standard InChI is InChI=1S/C18H20FN3O4S/c1-2-9-21-17(23)18(24)22-12-16(13-4-3-10-20-11-13)27(25,26)15-7-5-14(19)6-8-15/h3-8,10-11,16H,2,9,12H2,1H3,(H,21,23)(H,22,24)/t16-/m0/s1. The second-order valence-electron chi connectivity index (χ2n) is 5.74. The van der Waals surface area contributed by atoms with E-state index in [0.717, 1.165) is 24.3 Å². The SMILES string of the molecule is CCCNC(=O)C(=O)NC[C@@H](c1cccnc1)S(=O)(=O)c1ccc(F)cc1. The first kappa shape index (κ1) is 20.5. The first-order valence-corrected chi connectivity index (χ1v) is 9.86. The van der Waals surface area contributed by atoms with Crippen molar-refractivity contribution in [2.45, 2.75) is 23.5 Å². The quantitative estimate of drug-likeness (QED) is 0.546. The Morgan fingerprint density at radius 3 is 2.37 bits per heavy atom. The number of nitrogens with zero attached hydrogens (tertiary/aromatic N) is 1. The van der Waals surface area contributed by atoms with Gasteiger partial charge in [-0.1, -0.05) is 13.0 Å². The van der Waals surface area contributed by atoms with Gasteiger partial charge in [-0.3, -0.25) is 14.6 Å². The van der Waals surface area contributed by atoms with Gasteiger partial charge in [0.15, 0.2) is 9.84 Å². The Kier molecular flexibility index (Phi) is 7.00. The number of amides is 2. The zero-order chi connectivity index (χ0) is 19.9. The van der Waals surface area contributed by atoms with Crippen LogP contribution < -0.4 is 10.6 Å². The van der Waals surface area contributed by atoms with E-state index in [0.29, 0.717) is 18.5 Å². The van der Waals surface area contributed by atoms with Crippen LogP contribution in [0.5, 0.6) is 0 Å². The molecule has 27 heavy (non-hydrogen) atoms. The van der Waals surface area contributed by atoms with Crippen LogP contribution in [-0.2, 0) is 19.4 Å². The Hall–Kier alpha value is -2.81. The van der Waals surface area contributed by atoms with E-state index >= 15 is 0 Å². The van der Waals surface area contributed by atoms with Crippen molar-refractivity contribution in [2.75, 3.05) is 13.1 Å². The van der Waals surface area contributed by atoms with Crippen LogP contribution in [0.25, 0.3) is 0 Å². The highest BCUT2D eigenvalue weighted by Gasteiger charge is 2.30. The average molecular weight is 393 g/mol. The van der Waals surface area contributed by atoms with Crippen LogP contribution in [0.1, 0.15) is 24.2 Å². The van der Waals surface area contributed by atoms with Gasteiger partial charge in [-0.15, -0.1) is 0 Å². The van der Waals surface area contributed by atoms with Crippen molar-refractivity contribution >= 4 is 21.7 Å². The summed E-state index contributed by atoms with van der Waals surface area (Å²) in [6, 6.07) is 7.53. The van der Waals surface area contributed by atoms with Gasteiger partial charge < -0.3 is 10.6 Å². The van der Waals surface area contributed by atoms with Crippen molar-refractivity contribution < 1.29 is 22.4 Å². The molecule has 1 heterocycles. The van der Waals surface area contributed by atoms with Crippen LogP contribution in [-0.4, -0.2) is 38.3 Å². The van der Waals surface area contributed by atoms with Crippen molar-refractivity contribution in [3.05, 3.63) is 60.2 Å². The molecule has 9 heteroatoms. The molecule has 2 amide bonds. The molecule has 1 aromatic carbocycles. The minimum atomic E-state index is -3.96. The van der Waals surface area contributed by atoms with E-state index in [1.54, 1.807) is 12.1 Å². The Morgan fingerprint density at radius 2 is 1.78 bits per heavy atom. The third kappa shape index (κ3) is 5.33. The Morgan fingerprint density at radius 1 is 1.11 bits per heavy atom. The number of benzene rings is 1. The minimum absolute atomic E-state index is 0.0950. The number of carbonyl (C=O) groups is 2. The van der Waals surface area contributed by atoms with Crippen LogP contribution in [0.2, 0.25) is 0 Å². The maximum atomic E-state index is 13.1. The van der Waals surface area contributed by atoms with Gasteiger partial charge in [-0.05, 0) is 42.3 Å². The molecule has 7 nitrogen and oxygen atoms in total. The molecule has 2 aromatic rings. The monoisotopic (exact) mass is 393 g/mol. The van der Waals surface area contributed by atoms with Crippen molar-refractivity contribution in [3.8, 4) is 0 Å². The molecular weight excluding hydrogens is 373 g/mol. The van der Waals surface area contributed by atoms with Gasteiger partial charge in [0.1, 0.15) is 11.1 Å². The van der Waals surface area contributed by atoms with Gasteiger partial charge in [-0.2, -0.15) is 0 Å². The Labute approximate surface area is 156 Å². The van der Waals surface area contributed by atoms with Gasteiger partial charge in [0.2, 0.25) is 0 Å². The van der Waals surface area contributed by atoms with Gasteiger partial charge in [0.25, 0.3) is 0 Å². The van der Waals surface area contributed by atoms with Gasteiger partial charge in [0, 0.05) is 25.5 Å². The molecule has 0 aliphatic heterocycles. The van der Waals surface area contributed by atoms with Crippen molar-refractivity contribution in [1.82, 2.24) is 15.6 Å². The molecule has 1 atom stereocenters. The lowest BCUT2D eigenvalue weighted by atomic mass is 10.2. The van der Waals surface area contributed by atoms with E-state index in [-0.39, 0.29) is 11.4 Å². The Balaban J connectivity index is 2.26. The number of sulfone groups is 1. The predicted octanol–water partition coefficient (Wildman–Crippen LogP) is 1.38. The highest BCUT2D eigenvalue weighted by molar-refractivity contribution is 7.91. The summed E-state index contributed by atoms with van der Waals surface area (Å²) >= 11 is 0. The summed E-state index contributed by atoms with van der Waals surface area (Å²) in [6.07, 6.45) is 3.52. The number of halogens is 1. The van der Waals surface area contributed by atoms with E-state index in [2.05, 4.69) is 15.6 Å². The highest BCUT2D eigenvalue weighted by Crippen LogP contribution is 2.28. The topological polar surface area (TPSA) is 105 Å². The third-order valence-corrected chi connectivity index (χ3v) is 5.88. The maximum absolute atomic E-state index is 13.1. The molecule has 0 spiro atoms. The molecule has 0 saturated heterocycles. The smallest absolute Gasteiger partial charge is 0.309 e. The average Bonchev–Trinajstić information content (AvgIpc) is 2.67. The number of rotatable bonds is 7. The lowest BCUT2D eigenvalue weighted by molar-refractivity contribution is -0.139.